The minimum atomic E-state index is -0.198. The Morgan fingerprint density at radius 3 is 2.29 bits per heavy atom. The van der Waals surface area contributed by atoms with Gasteiger partial charge in [-0.05, 0) is 71.6 Å². The fourth-order valence-electron chi connectivity index (χ4n) is 3.75. The van der Waals surface area contributed by atoms with Gasteiger partial charge in [-0.2, -0.15) is 4.80 Å². The van der Waals surface area contributed by atoms with Gasteiger partial charge in [0.1, 0.15) is 23.4 Å². The second-order valence-electron chi connectivity index (χ2n) is 8.69. The van der Waals surface area contributed by atoms with Crippen LogP contribution in [0, 0.1) is 0 Å². The molecule has 35 heavy (non-hydrogen) atoms. The second kappa shape index (κ2) is 9.81. The number of carbonyl (C=O) groups excluding carboxylic acids is 1. The van der Waals surface area contributed by atoms with Crippen molar-refractivity contribution in [3.8, 4) is 11.4 Å². The maximum Gasteiger partial charge on any atom is 0.255 e. The standard InChI is InChI=1S/C29H26N4O2/c1-20(2)22-8-13-25(14-9-22)33-31-27-17-12-24(18-28(27)32-33)30-29(34)23-10-15-26(16-11-23)35-19-21-6-4-3-5-7-21/h3-18,20H,19H2,1-2H3,(H,30,34). The average molecular weight is 463 g/mol. The first kappa shape index (κ1) is 22.3. The Labute approximate surface area is 204 Å². The van der Waals surface area contributed by atoms with E-state index in [0.29, 0.717) is 35.0 Å². The summed E-state index contributed by atoms with van der Waals surface area (Å²) in [5.74, 6) is 0.985. The summed E-state index contributed by atoms with van der Waals surface area (Å²) >= 11 is 0. The van der Waals surface area contributed by atoms with Crippen LogP contribution in [0.25, 0.3) is 16.7 Å². The van der Waals surface area contributed by atoms with Crippen LogP contribution in [0.3, 0.4) is 0 Å². The van der Waals surface area contributed by atoms with Gasteiger partial charge in [-0.15, -0.1) is 10.2 Å². The van der Waals surface area contributed by atoms with Gasteiger partial charge in [-0.3, -0.25) is 4.79 Å². The Morgan fingerprint density at radius 2 is 1.57 bits per heavy atom. The van der Waals surface area contributed by atoms with E-state index in [-0.39, 0.29) is 5.91 Å². The smallest absolute Gasteiger partial charge is 0.255 e. The van der Waals surface area contributed by atoms with Gasteiger partial charge in [-0.1, -0.05) is 56.3 Å². The number of hydrogen-bond donors (Lipinski definition) is 1. The number of amides is 1. The van der Waals surface area contributed by atoms with Crippen LogP contribution in [-0.4, -0.2) is 20.9 Å². The zero-order chi connectivity index (χ0) is 24.2. The van der Waals surface area contributed by atoms with Crippen molar-refractivity contribution in [2.75, 3.05) is 5.32 Å². The Hall–Kier alpha value is -4.45. The van der Waals surface area contributed by atoms with E-state index in [1.54, 1.807) is 29.1 Å². The number of anilines is 1. The molecule has 1 heterocycles. The highest BCUT2D eigenvalue weighted by molar-refractivity contribution is 6.05. The number of benzene rings is 4. The topological polar surface area (TPSA) is 69.0 Å². The number of fused-ring (bicyclic) bond motifs is 1. The van der Waals surface area contributed by atoms with Crippen LogP contribution in [0.1, 0.15) is 41.3 Å². The van der Waals surface area contributed by atoms with Crippen molar-refractivity contribution in [2.45, 2.75) is 26.4 Å². The monoisotopic (exact) mass is 462 g/mol. The van der Waals surface area contributed by atoms with Crippen LogP contribution >= 0.6 is 0 Å². The van der Waals surface area contributed by atoms with Gasteiger partial charge in [0.25, 0.3) is 5.91 Å². The molecule has 174 valence electrons. The number of aromatic nitrogens is 3. The van der Waals surface area contributed by atoms with Crippen molar-refractivity contribution in [1.82, 2.24) is 15.0 Å². The Balaban J connectivity index is 1.25. The lowest BCUT2D eigenvalue weighted by atomic mass is 10.0. The first-order valence-electron chi connectivity index (χ1n) is 11.6. The predicted molar refractivity (Wildman–Crippen MR) is 138 cm³/mol. The van der Waals surface area contributed by atoms with Crippen molar-refractivity contribution >= 4 is 22.6 Å². The van der Waals surface area contributed by atoms with E-state index in [1.165, 1.54) is 5.56 Å². The molecular formula is C29H26N4O2. The van der Waals surface area contributed by atoms with Crippen molar-refractivity contribution in [3.05, 3.63) is 114 Å². The number of nitrogens with zero attached hydrogens (tertiary/aromatic N) is 3. The molecular weight excluding hydrogens is 436 g/mol. The molecule has 0 aliphatic heterocycles. The largest absolute Gasteiger partial charge is 0.489 e. The van der Waals surface area contributed by atoms with E-state index in [0.717, 1.165) is 16.8 Å². The number of rotatable bonds is 7. The molecule has 1 amide bonds. The molecule has 6 heteroatoms. The van der Waals surface area contributed by atoms with Gasteiger partial charge in [0.15, 0.2) is 0 Å². The first-order chi connectivity index (χ1) is 17.0. The molecule has 0 spiro atoms. The average Bonchev–Trinajstić information content (AvgIpc) is 3.32. The highest BCUT2D eigenvalue weighted by Crippen LogP contribution is 2.21. The van der Waals surface area contributed by atoms with E-state index in [1.807, 2.05) is 60.7 Å². The summed E-state index contributed by atoms with van der Waals surface area (Å²) in [6, 6.07) is 30.8. The molecule has 0 aliphatic rings. The quantitative estimate of drug-likeness (QED) is 0.305. The van der Waals surface area contributed by atoms with Crippen LogP contribution in [0.5, 0.6) is 5.75 Å². The number of carbonyl (C=O) groups is 1. The summed E-state index contributed by atoms with van der Waals surface area (Å²) in [5, 5.41) is 12.1. The zero-order valence-electron chi connectivity index (χ0n) is 19.7. The third-order valence-corrected chi connectivity index (χ3v) is 5.79. The van der Waals surface area contributed by atoms with Gasteiger partial charge >= 0.3 is 0 Å². The molecule has 0 saturated heterocycles. The summed E-state index contributed by atoms with van der Waals surface area (Å²) in [6.07, 6.45) is 0. The van der Waals surface area contributed by atoms with Crippen LogP contribution in [0.15, 0.2) is 97.1 Å². The minimum absolute atomic E-state index is 0.198. The highest BCUT2D eigenvalue weighted by atomic mass is 16.5. The van der Waals surface area contributed by atoms with Crippen molar-refractivity contribution in [2.24, 2.45) is 0 Å². The lowest BCUT2D eigenvalue weighted by Gasteiger charge is -2.08. The van der Waals surface area contributed by atoms with E-state index in [2.05, 4.69) is 41.5 Å². The molecule has 5 rings (SSSR count). The van der Waals surface area contributed by atoms with E-state index in [4.69, 9.17) is 4.74 Å². The van der Waals surface area contributed by atoms with Crippen LogP contribution in [-0.2, 0) is 6.61 Å². The fourth-order valence-corrected chi connectivity index (χ4v) is 3.75. The first-order valence-corrected chi connectivity index (χ1v) is 11.6. The van der Waals surface area contributed by atoms with Gasteiger partial charge < -0.3 is 10.1 Å². The van der Waals surface area contributed by atoms with Crippen molar-refractivity contribution in [1.29, 1.82) is 0 Å². The van der Waals surface area contributed by atoms with E-state index in [9.17, 15) is 4.79 Å². The molecule has 0 bridgehead atoms. The number of ether oxygens (including phenoxy) is 1. The van der Waals surface area contributed by atoms with Crippen molar-refractivity contribution in [3.63, 3.8) is 0 Å². The molecule has 0 unspecified atom stereocenters. The SMILES string of the molecule is CC(C)c1ccc(-n2nc3ccc(NC(=O)c4ccc(OCc5ccccc5)cc4)cc3n2)cc1. The molecule has 0 radical (unpaired) electrons. The maximum absolute atomic E-state index is 12.8. The predicted octanol–water partition coefficient (Wildman–Crippen LogP) is 6.38. The highest BCUT2D eigenvalue weighted by Gasteiger charge is 2.10. The normalized spacial score (nSPS) is 11.1. The summed E-state index contributed by atoms with van der Waals surface area (Å²) in [4.78, 5) is 14.4. The molecule has 1 aromatic heterocycles. The molecule has 0 aliphatic carbocycles. The summed E-state index contributed by atoms with van der Waals surface area (Å²) in [7, 11) is 0. The van der Waals surface area contributed by atoms with Gasteiger partial charge in [0, 0.05) is 11.3 Å². The Kier molecular flexibility index (Phi) is 6.26. The summed E-state index contributed by atoms with van der Waals surface area (Å²) < 4.78 is 5.80. The van der Waals surface area contributed by atoms with E-state index >= 15 is 0 Å². The molecule has 1 N–H and O–H groups in total. The molecule has 0 saturated carbocycles. The second-order valence-corrected chi connectivity index (χ2v) is 8.69. The third-order valence-electron chi connectivity index (χ3n) is 5.79. The van der Waals surface area contributed by atoms with Gasteiger partial charge in [0.05, 0.1) is 5.69 Å². The Morgan fingerprint density at radius 1 is 0.857 bits per heavy atom. The van der Waals surface area contributed by atoms with Crippen LogP contribution in [0.4, 0.5) is 5.69 Å². The zero-order valence-corrected chi connectivity index (χ0v) is 19.7. The van der Waals surface area contributed by atoms with Gasteiger partial charge in [0.2, 0.25) is 0 Å². The summed E-state index contributed by atoms with van der Waals surface area (Å²) in [6.45, 7) is 4.81. The molecule has 0 fully saturated rings. The lowest BCUT2D eigenvalue weighted by molar-refractivity contribution is 0.102. The molecule has 6 nitrogen and oxygen atoms in total. The van der Waals surface area contributed by atoms with E-state index < -0.39 is 0 Å². The van der Waals surface area contributed by atoms with Gasteiger partial charge in [-0.25, -0.2) is 0 Å². The third kappa shape index (κ3) is 5.22. The van der Waals surface area contributed by atoms with Crippen LogP contribution < -0.4 is 10.1 Å². The number of nitrogens with one attached hydrogen (secondary N) is 1. The van der Waals surface area contributed by atoms with Crippen molar-refractivity contribution < 1.29 is 9.53 Å². The Bertz CT molecular complexity index is 1440. The van der Waals surface area contributed by atoms with Crippen LogP contribution in [0.2, 0.25) is 0 Å². The fraction of sp³-hybridized carbons (Fsp3) is 0.138. The number of hydrogen-bond acceptors (Lipinski definition) is 4. The molecule has 4 aromatic carbocycles. The molecule has 5 aromatic rings. The summed E-state index contributed by atoms with van der Waals surface area (Å²) in [5.41, 5.74) is 5.93. The maximum atomic E-state index is 12.8. The minimum Gasteiger partial charge on any atom is -0.489 e. The lowest BCUT2D eigenvalue weighted by Crippen LogP contribution is -2.11. The molecule has 0 atom stereocenters.